The summed E-state index contributed by atoms with van der Waals surface area (Å²) in [5, 5.41) is 18.7. The van der Waals surface area contributed by atoms with E-state index in [-0.39, 0.29) is 15.6 Å². The van der Waals surface area contributed by atoms with Gasteiger partial charge in [0.05, 0.1) is 10.8 Å². The molecule has 0 unspecified atom stereocenters. The van der Waals surface area contributed by atoms with Crippen molar-refractivity contribution in [2.75, 3.05) is 23.5 Å². The smallest absolute Gasteiger partial charge is 0.326 e. The molecule has 0 saturated carbocycles. The number of para-hydroxylation sites is 1. The van der Waals surface area contributed by atoms with Crippen LogP contribution >= 0.6 is 35.7 Å². The normalized spacial score (nSPS) is 20.8. The number of fused-ring (bicyclic) bond motifs is 1. The van der Waals surface area contributed by atoms with E-state index in [1.165, 1.54) is 17.8 Å². The SMILES string of the molecule is CSCC[C@@H](C(=O)O)N1C(=O)/C(=C/[C@H]2C(=O)N(CC(=O)O)c3ccccc32)SC1=S. The second-order valence-corrected chi connectivity index (χ2v) is 9.23. The standard InChI is InChI=1S/C19H18N2O6S3/c1-29-7-6-13(18(26)27)21-17(25)14(30-19(21)28)8-11-10-4-2-3-5-12(10)20(16(11)24)9-15(22)23/h2-5,8,11,13H,6-7,9H2,1H3,(H,22,23)(H,26,27)/b14-8-/t11-,13+/m1/s1. The summed E-state index contributed by atoms with van der Waals surface area (Å²) in [6.45, 7) is -0.489. The average Bonchev–Trinajstić information content (AvgIpc) is 3.11. The lowest BCUT2D eigenvalue weighted by Gasteiger charge is -2.22. The number of nitrogens with zero attached hydrogens (tertiary/aromatic N) is 2. The van der Waals surface area contributed by atoms with Gasteiger partial charge in [0.1, 0.15) is 16.9 Å². The second-order valence-electron chi connectivity index (χ2n) is 6.56. The van der Waals surface area contributed by atoms with Crippen molar-refractivity contribution in [3.8, 4) is 0 Å². The van der Waals surface area contributed by atoms with Crippen molar-refractivity contribution in [3.63, 3.8) is 0 Å². The molecular formula is C19H18N2O6S3. The molecule has 30 heavy (non-hydrogen) atoms. The highest BCUT2D eigenvalue weighted by molar-refractivity contribution is 8.26. The molecule has 2 aliphatic rings. The molecule has 0 aliphatic carbocycles. The number of aliphatic carboxylic acids is 2. The van der Waals surface area contributed by atoms with Crippen molar-refractivity contribution < 1.29 is 29.4 Å². The van der Waals surface area contributed by atoms with Crippen LogP contribution in [0.3, 0.4) is 0 Å². The van der Waals surface area contributed by atoms with E-state index in [2.05, 4.69) is 0 Å². The van der Waals surface area contributed by atoms with Gasteiger partial charge in [-0.1, -0.05) is 42.2 Å². The minimum atomic E-state index is -1.15. The van der Waals surface area contributed by atoms with Crippen LogP contribution in [-0.2, 0) is 19.2 Å². The van der Waals surface area contributed by atoms with Gasteiger partial charge in [-0.25, -0.2) is 4.79 Å². The summed E-state index contributed by atoms with van der Waals surface area (Å²) in [6, 6.07) is 5.70. The topological polar surface area (TPSA) is 115 Å². The molecule has 2 heterocycles. The Hall–Kier alpha value is -2.37. The summed E-state index contributed by atoms with van der Waals surface area (Å²) in [5.41, 5.74) is 1.07. The highest BCUT2D eigenvalue weighted by Crippen LogP contribution is 2.41. The lowest BCUT2D eigenvalue weighted by atomic mass is 10.00. The van der Waals surface area contributed by atoms with E-state index in [1.807, 2.05) is 6.26 Å². The highest BCUT2D eigenvalue weighted by Gasteiger charge is 2.43. The first kappa shape index (κ1) is 22.3. The van der Waals surface area contributed by atoms with Crippen LogP contribution in [0.2, 0.25) is 0 Å². The van der Waals surface area contributed by atoms with Crippen LogP contribution in [0.4, 0.5) is 5.69 Å². The molecule has 0 spiro atoms. The second kappa shape index (κ2) is 9.19. The fourth-order valence-electron chi connectivity index (χ4n) is 3.38. The van der Waals surface area contributed by atoms with Crippen LogP contribution in [0.25, 0.3) is 0 Å². The molecule has 0 aromatic heterocycles. The van der Waals surface area contributed by atoms with Gasteiger partial charge < -0.3 is 15.1 Å². The van der Waals surface area contributed by atoms with Gasteiger partial charge >= 0.3 is 11.9 Å². The molecule has 1 aromatic rings. The van der Waals surface area contributed by atoms with Crippen molar-refractivity contribution in [1.82, 2.24) is 4.90 Å². The lowest BCUT2D eigenvalue weighted by molar-refractivity contribution is -0.145. The summed E-state index contributed by atoms with van der Waals surface area (Å²) in [6.07, 6.45) is 3.54. The Bertz CT molecular complexity index is 963. The number of carboxylic acid groups (broad SMARTS) is 2. The molecular weight excluding hydrogens is 448 g/mol. The molecule has 2 atom stereocenters. The zero-order valence-electron chi connectivity index (χ0n) is 15.8. The molecule has 1 aromatic carbocycles. The maximum absolute atomic E-state index is 13.0. The van der Waals surface area contributed by atoms with Crippen molar-refractivity contribution >= 4 is 69.5 Å². The number of benzene rings is 1. The fraction of sp³-hybridized carbons (Fsp3) is 0.316. The molecule has 8 nitrogen and oxygen atoms in total. The molecule has 2 aliphatic heterocycles. The largest absolute Gasteiger partial charge is 0.480 e. The molecule has 11 heteroatoms. The van der Waals surface area contributed by atoms with Crippen molar-refractivity contribution in [2.45, 2.75) is 18.4 Å². The highest BCUT2D eigenvalue weighted by atomic mass is 32.2. The third-order valence-corrected chi connectivity index (χ3v) is 6.71. The number of thioether (sulfide) groups is 2. The van der Waals surface area contributed by atoms with Crippen LogP contribution in [0.1, 0.15) is 17.9 Å². The Morgan fingerprint density at radius 1 is 1.30 bits per heavy atom. The molecule has 3 rings (SSSR count). The van der Waals surface area contributed by atoms with Crippen LogP contribution in [0.5, 0.6) is 0 Å². The first-order valence-corrected chi connectivity index (χ1v) is 11.5. The molecule has 2 amide bonds. The van der Waals surface area contributed by atoms with E-state index in [0.717, 1.165) is 21.6 Å². The van der Waals surface area contributed by atoms with Gasteiger partial charge in [-0.2, -0.15) is 11.8 Å². The minimum Gasteiger partial charge on any atom is -0.480 e. The zero-order chi connectivity index (χ0) is 22.0. The Labute approximate surface area is 186 Å². The number of thiocarbonyl (C=S) groups is 1. The van der Waals surface area contributed by atoms with E-state index in [0.29, 0.717) is 17.0 Å². The lowest BCUT2D eigenvalue weighted by Crippen LogP contribution is -2.44. The van der Waals surface area contributed by atoms with Gasteiger partial charge in [-0.15, -0.1) is 0 Å². The van der Waals surface area contributed by atoms with Crippen molar-refractivity contribution in [2.24, 2.45) is 0 Å². The first-order valence-electron chi connectivity index (χ1n) is 8.87. The van der Waals surface area contributed by atoms with Crippen LogP contribution in [0, 0.1) is 0 Å². The molecule has 0 radical (unpaired) electrons. The maximum Gasteiger partial charge on any atom is 0.326 e. The monoisotopic (exact) mass is 466 g/mol. The Morgan fingerprint density at radius 2 is 2.00 bits per heavy atom. The summed E-state index contributed by atoms with van der Waals surface area (Å²) in [5.74, 6) is -3.60. The van der Waals surface area contributed by atoms with Gasteiger partial charge in [0.15, 0.2) is 0 Å². The predicted molar refractivity (Wildman–Crippen MR) is 119 cm³/mol. The molecule has 1 fully saturated rings. The molecule has 0 bridgehead atoms. The Morgan fingerprint density at radius 3 is 2.63 bits per heavy atom. The number of hydrogen-bond donors (Lipinski definition) is 2. The summed E-state index contributed by atoms with van der Waals surface area (Å²) >= 11 is 7.67. The molecule has 158 valence electrons. The summed E-state index contributed by atoms with van der Waals surface area (Å²) in [7, 11) is 0. The van der Waals surface area contributed by atoms with E-state index in [9.17, 15) is 24.3 Å². The third kappa shape index (κ3) is 4.23. The van der Waals surface area contributed by atoms with Crippen LogP contribution in [0.15, 0.2) is 35.2 Å². The predicted octanol–water partition coefficient (Wildman–Crippen LogP) is 2.15. The zero-order valence-corrected chi connectivity index (χ0v) is 18.3. The van der Waals surface area contributed by atoms with Gasteiger partial charge in [0, 0.05) is 5.69 Å². The number of hydrogen-bond acceptors (Lipinski definition) is 7. The van der Waals surface area contributed by atoms with Gasteiger partial charge in [-0.05, 0) is 36.1 Å². The number of rotatable bonds is 8. The number of carboxylic acids is 2. The molecule has 2 N–H and O–H groups in total. The summed E-state index contributed by atoms with van der Waals surface area (Å²) < 4.78 is 0.126. The number of anilines is 1. The van der Waals surface area contributed by atoms with E-state index >= 15 is 0 Å². The van der Waals surface area contributed by atoms with Crippen molar-refractivity contribution in [3.05, 3.63) is 40.8 Å². The van der Waals surface area contributed by atoms with Crippen LogP contribution < -0.4 is 4.90 Å². The Balaban J connectivity index is 1.92. The first-order chi connectivity index (χ1) is 14.3. The van der Waals surface area contributed by atoms with E-state index in [4.69, 9.17) is 17.3 Å². The molecule has 1 saturated heterocycles. The maximum atomic E-state index is 13.0. The number of amides is 2. The van der Waals surface area contributed by atoms with Gasteiger partial charge in [0.2, 0.25) is 5.91 Å². The summed E-state index contributed by atoms with van der Waals surface area (Å²) in [4.78, 5) is 51.1. The average molecular weight is 467 g/mol. The Kier molecular flexibility index (Phi) is 6.84. The van der Waals surface area contributed by atoms with Gasteiger partial charge in [-0.3, -0.25) is 19.3 Å². The fourth-order valence-corrected chi connectivity index (χ4v) is 5.21. The van der Waals surface area contributed by atoms with E-state index < -0.39 is 42.3 Å². The van der Waals surface area contributed by atoms with E-state index in [1.54, 1.807) is 24.3 Å². The minimum absolute atomic E-state index is 0.126. The third-order valence-electron chi connectivity index (χ3n) is 4.72. The van der Waals surface area contributed by atoms with Crippen LogP contribution in [-0.4, -0.2) is 67.8 Å². The van der Waals surface area contributed by atoms with Gasteiger partial charge in [0.25, 0.3) is 5.91 Å². The number of carbonyl (C=O) groups is 4. The quantitative estimate of drug-likeness (QED) is 0.439. The number of carbonyl (C=O) groups excluding carboxylic acids is 2. The van der Waals surface area contributed by atoms with Crippen molar-refractivity contribution in [1.29, 1.82) is 0 Å².